The second-order valence-corrected chi connectivity index (χ2v) is 7.79. The molecule has 2 aliphatic rings. The van der Waals surface area contributed by atoms with Crippen LogP contribution in [0, 0.1) is 5.41 Å². The maximum absolute atomic E-state index is 3.91. The van der Waals surface area contributed by atoms with Crippen molar-refractivity contribution in [1.29, 1.82) is 0 Å². The van der Waals surface area contributed by atoms with E-state index in [0.29, 0.717) is 5.41 Å². The van der Waals surface area contributed by atoms with Gasteiger partial charge in [-0.25, -0.2) is 0 Å². The van der Waals surface area contributed by atoms with E-state index in [1.165, 1.54) is 42.3 Å². The standard InChI is InChI=1S/C12H23NS2/c1-12(2)5-8-15-9-11(12)13-10-3-6-14-7-4-10/h10-11,13H,3-9H2,1-2H3. The van der Waals surface area contributed by atoms with Gasteiger partial charge in [0.15, 0.2) is 0 Å². The smallest absolute Gasteiger partial charge is 0.0212 e. The molecule has 2 heterocycles. The Balaban J connectivity index is 1.85. The molecular formula is C12H23NS2. The normalized spacial score (nSPS) is 32.8. The fourth-order valence-corrected chi connectivity index (χ4v) is 5.09. The lowest BCUT2D eigenvalue weighted by Crippen LogP contribution is -2.51. The fourth-order valence-electron chi connectivity index (χ4n) is 2.36. The number of hydrogen-bond acceptors (Lipinski definition) is 3. The minimum Gasteiger partial charge on any atom is -0.310 e. The predicted octanol–water partition coefficient (Wildman–Crippen LogP) is 3.00. The first-order chi connectivity index (χ1) is 7.18. The van der Waals surface area contributed by atoms with Crippen LogP contribution in [0.2, 0.25) is 0 Å². The Bertz CT molecular complexity index is 200. The van der Waals surface area contributed by atoms with E-state index in [4.69, 9.17) is 0 Å². The summed E-state index contributed by atoms with van der Waals surface area (Å²) in [5.74, 6) is 5.39. The summed E-state index contributed by atoms with van der Waals surface area (Å²) >= 11 is 4.24. The van der Waals surface area contributed by atoms with Crippen LogP contribution in [0.25, 0.3) is 0 Å². The molecular weight excluding hydrogens is 222 g/mol. The van der Waals surface area contributed by atoms with E-state index in [2.05, 4.69) is 42.7 Å². The maximum Gasteiger partial charge on any atom is 0.0212 e. The SMILES string of the molecule is CC1(C)CCSCC1NC1CCSCC1. The lowest BCUT2D eigenvalue weighted by Gasteiger charge is -2.41. The summed E-state index contributed by atoms with van der Waals surface area (Å²) < 4.78 is 0. The van der Waals surface area contributed by atoms with Crippen LogP contribution in [0.5, 0.6) is 0 Å². The van der Waals surface area contributed by atoms with Gasteiger partial charge in [0.1, 0.15) is 0 Å². The maximum atomic E-state index is 3.91. The average molecular weight is 245 g/mol. The van der Waals surface area contributed by atoms with Crippen molar-refractivity contribution < 1.29 is 0 Å². The summed E-state index contributed by atoms with van der Waals surface area (Å²) in [6.07, 6.45) is 4.13. The van der Waals surface area contributed by atoms with Crippen molar-refractivity contribution in [3.05, 3.63) is 0 Å². The molecule has 3 heteroatoms. The molecule has 2 saturated heterocycles. The Kier molecular flexibility index (Phi) is 4.31. The van der Waals surface area contributed by atoms with Gasteiger partial charge in [-0.05, 0) is 41.9 Å². The molecule has 1 nitrogen and oxygen atoms in total. The first kappa shape index (κ1) is 12.1. The highest BCUT2D eigenvalue weighted by molar-refractivity contribution is 7.99. The van der Waals surface area contributed by atoms with E-state index in [1.807, 2.05) is 0 Å². The van der Waals surface area contributed by atoms with Crippen molar-refractivity contribution in [2.75, 3.05) is 23.0 Å². The van der Waals surface area contributed by atoms with Crippen LogP contribution in [0.15, 0.2) is 0 Å². The molecule has 0 aromatic rings. The van der Waals surface area contributed by atoms with Gasteiger partial charge in [0, 0.05) is 17.8 Å². The van der Waals surface area contributed by atoms with E-state index < -0.39 is 0 Å². The van der Waals surface area contributed by atoms with Gasteiger partial charge in [0.2, 0.25) is 0 Å². The molecule has 0 spiro atoms. The highest BCUT2D eigenvalue weighted by Gasteiger charge is 2.33. The van der Waals surface area contributed by atoms with Gasteiger partial charge < -0.3 is 5.32 Å². The molecule has 2 aliphatic heterocycles. The van der Waals surface area contributed by atoms with Crippen LogP contribution < -0.4 is 5.32 Å². The van der Waals surface area contributed by atoms with Gasteiger partial charge in [-0.1, -0.05) is 13.8 Å². The molecule has 2 rings (SSSR count). The van der Waals surface area contributed by atoms with Gasteiger partial charge in [-0.3, -0.25) is 0 Å². The molecule has 0 bridgehead atoms. The van der Waals surface area contributed by atoms with Crippen LogP contribution in [0.1, 0.15) is 33.1 Å². The second-order valence-electron chi connectivity index (χ2n) is 5.42. The van der Waals surface area contributed by atoms with Gasteiger partial charge in [-0.15, -0.1) is 0 Å². The minimum atomic E-state index is 0.510. The molecule has 1 unspecified atom stereocenters. The second kappa shape index (κ2) is 5.33. The van der Waals surface area contributed by atoms with Crippen molar-refractivity contribution in [1.82, 2.24) is 5.32 Å². The van der Waals surface area contributed by atoms with Gasteiger partial charge in [-0.2, -0.15) is 23.5 Å². The first-order valence-corrected chi connectivity index (χ1v) is 8.41. The summed E-state index contributed by atoms with van der Waals surface area (Å²) in [7, 11) is 0. The molecule has 0 amide bonds. The lowest BCUT2D eigenvalue weighted by atomic mass is 9.81. The molecule has 0 aromatic heterocycles. The third-order valence-corrected chi connectivity index (χ3v) is 5.89. The Morgan fingerprint density at radius 2 is 1.80 bits per heavy atom. The molecule has 0 aliphatic carbocycles. The lowest BCUT2D eigenvalue weighted by molar-refractivity contribution is 0.224. The third kappa shape index (κ3) is 3.31. The predicted molar refractivity (Wildman–Crippen MR) is 73.0 cm³/mol. The van der Waals surface area contributed by atoms with E-state index >= 15 is 0 Å². The topological polar surface area (TPSA) is 12.0 Å². The molecule has 1 N–H and O–H groups in total. The number of thioether (sulfide) groups is 2. The summed E-state index contributed by atoms with van der Waals surface area (Å²) in [5, 5.41) is 3.91. The largest absolute Gasteiger partial charge is 0.310 e. The van der Waals surface area contributed by atoms with Crippen molar-refractivity contribution in [2.45, 2.75) is 45.2 Å². The molecule has 88 valence electrons. The summed E-state index contributed by atoms with van der Waals surface area (Å²) in [6, 6.07) is 1.54. The Labute approximate surface area is 103 Å². The zero-order chi connectivity index (χ0) is 10.7. The third-order valence-electron chi connectivity index (χ3n) is 3.78. The first-order valence-electron chi connectivity index (χ1n) is 6.10. The Hall–Kier alpha value is 0.660. The van der Waals surface area contributed by atoms with Crippen molar-refractivity contribution in [3.63, 3.8) is 0 Å². The molecule has 1 atom stereocenters. The quantitative estimate of drug-likeness (QED) is 0.803. The van der Waals surface area contributed by atoms with Gasteiger partial charge in [0.25, 0.3) is 0 Å². The zero-order valence-corrected chi connectivity index (χ0v) is 11.6. The minimum absolute atomic E-state index is 0.510. The van der Waals surface area contributed by atoms with Crippen LogP contribution in [-0.4, -0.2) is 35.1 Å². The van der Waals surface area contributed by atoms with Gasteiger partial charge in [0.05, 0.1) is 0 Å². The average Bonchev–Trinajstić information content (AvgIpc) is 2.23. The number of rotatable bonds is 2. The molecule has 0 saturated carbocycles. The van der Waals surface area contributed by atoms with Crippen molar-refractivity contribution in [3.8, 4) is 0 Å². The van der Waals surface area contributed by atoms with Gasteiger partial charge >= 0.3 is 0 Å². The highest BCUT2D eigenvalue weighted by Crippen LogP contribution is 2.35. The van der Waals surface area contributed by atoms with Crippen molar-refractivity contribution >= 4 is 23.5 Å². The van der Waals surface area contributed by atoms with Crippen LogP contribution in [-0.2, 0) is 0 Å². The van der Waals surface area contributed by atoms with Crippen LogP contribution in [0.4, 0.5) is 0 Å². The zero-order valence-electron chi connectivity index (χ0n) is 9.92. The summed E-state index contributed by atoms with van der Waals surface area (Å²) in [4.78, 5) is 0. The molecule has 2 fully saturated rings. The summed E-state index contributed by atoms with van der Waals surface area (Å²) in [5.41, 5.74) is 0.510. The van der Waals surface area contributed by atoms with Crippen molar-refractivity contribution in [2.24, 2.45) is 5.41 Å². The Morgan fingerprint density at radius 1 is 1.07 bits per heavy atom. The molecule has 0 radical (unpaired) electrons. The Morgan fingerprint density at radius 3 is 2.47 bits per heavy atom. The number of hydrogen-bond donors (Lipinski definition) is 1. The summed E-state index contributed by atoms with van der Waals surface area (Å²) in [6.45, 7) is 4.87. The molecule has 15 heavy (non-hydrogen) atoms. The van der Waals surface area contributed by atoms with E-state index in [9.17, 15) is 0 Å². The number of nitrogens with one attached hydrogen (secondary N) is 1. The molecule has 0 aromatic carbocycles. The highest BCUT2D eigenvalue weighted by atomic mass is 32.2. The van der Waals surface area contributed by atoms with Crippen LogP contribution >= 0.6 is 23.5 Å². The van der Waals surface area contributed by atoms with E-state index in [1.54, 1.807) is 0 Å². The monoisotopic (exact) mass is 245 g/mol. The fraction of sp³-hybridized carbons (Fsp3) is 1.00. The van der Waals surface area contributed by atoms with E-state index in [-0.39, 0.29) is 0 Å². The van der Waals surface area contributed by atoms with Crippen LogP contribution in [0.3, 0.4) is 0 Å². The van der Waals surface area contributed by atoms with E-state index in [0.717, 1.165) is 12.1 Å².